The normalized spacial score (nSPS) is 25.7. The largest absolute Gasteiger partial charge is 0.478 e. The number of carbonyl (C=O) groups is 3. The van der Waals surface area contributed by atoms with Crippen LogP contribution in [0.4, 0.5) is 0 Å². The fourth-order valence-corrected chi connectivity index (χ4v) is 6.92. The summed E-state index contributed by atoms with van der Waals surface area (Å²) in [6.07, 6.45) is 7.92. The van der Waals surface area contributed by atoms with Crippen molar-refractivity contribution < 1.29 is 19.1 Å². The van der Waals surface area contributed by atoms with E-state index < -0.39 is 0 Å². The third-order valence-corrected chi connectivity index (χ3v) is 9.18. The summed E-state index contributed by atoms with van der Waals surface area (Å²) in [5.41, 5.74) is 1.52. The highest BCUT2D eigenvalue weighted by Gasteiger charge is 2.36. The minimum atomic E-state index is -0.219. The molecule has 2 saturated heterocycles. The number of pyridine rings is 2. The molecule has 0 radical (unpaired) electrons. The molecule has 5 rings (SSSR count). The van der Waals surface area contributed by atoms with E-state index in [1.54, 1.807) is 24.4 Å². The van der Waals surface area contributed by atoms with E-state index in [1.807, 2.05) is 31.0 Å². The number of amides is 3. The summed E-state index contributed by atoms with van der Waals surface area (Å²) in [5, 5.41) is 6.08. The Kier molecular flexibility index (Phi) is 10.6. The van der Waals surface area contributed by atoms with Crippen molar-refractivity contribution in [1.82, 2.24) is 30.4 Å². The van der Waals surface area contributed by atoms with Gasteiger partial charge in [-0.05, 0) is 87.4 Å². The molecule has 10 nitrogen and oxygen atoms in total. The summed E-state index contributed by atoms with van der Waals surface area (Å²) in [5.74, 6) is 1.32. The van der Waals surface area contributed by atoms with Gasteiger partial charge in [-0.1, -0.05) is 12.1 Å². The standard InChI is InChI=1S/C33H46N6O4/c1-23(2)36-30(40)17-25-10-15-39-22-28(25)11-16-43-31-7-3-6-29(37-31)33(42)35-13-8-27-21-38(14-9-26(27)18-32(39)41)20-24-5-4-12-34-19-24/h3-7,12,19,23,25-28H,8-11,13-18,20-22H2,1-2H3,(H,35,42)(H,36,40)/t25-,26-,27-,28-/m0/s1. The molecule has 2 aromatic rings. The fourth-order valence-electron chi connectivity index (χ4n) is 6.92. The van der Waals surface area contributed by atoms with Crippen LogP contribution in [0.2, 0.25) is 0 Å². The maximum Gasteiger partial charge on any atom is 0.270 e. The van der Waals surface area contributed by atoms with Crippen molar-refractivity contribution in [1.29, 1.82) is 0 Å². The zero-order valence-corrected chi connectivity index (χ0v) is 25.5. The van der Waals surface area contributed by atoms with Gasteiger partial charge in [0.25, 0.3) is 5.91 Å². The fraction of sp³-hybridized carbons (Fsp3) is 0.606. The average Bonchev–Trinajstić information content (AvgIpc) is 2.99. The molecular formula is C33H46N6O4. The third kappa shape index (κ3) is 8.75. The van der Waals surface area contributed by atoms with Crippen LogP contribution in [-0.4, -0.2) is 82.9 Å². The van der Waals surface area contributed by atoms with Gasteiger partial charge in [0, 0.05) is 70.1 Å². The maximum absolute atomic E-state index is 13.8. The van der Waals surface area contributed by atoms with Gasteiger partial charge in [-0.15, -0.1) is 0 Å². The molecule has 2 aromatic heterocycles. The first-order valence-electron chi connectivity index (χ1n) is 15.9. The van der Waals surface area contributed by atoms with Crippen LogP contribution in [0.1, 0.15) is 68.4 Å². The molecule has 10 heteroatoms. The lowest BCUT2D eigenvalue weighted by Gasteiger charge is -2.41. The maximum atomic E-state index is 13.8. The van der Waals surface area contributed by atoms with Crippen LogP contribution in [0.25, 0.3) is 0 Å². The van der Waals surface area contributed by atoms with Gasteiger partial charge in [-0.25, -0.2) is 4.98 Å². The summed E-state index contributed by atoms with van der Waals surface area (Å²) in [6, 6.07) is 9.42. The summed E-state index contributed by atoms with van der Waals surface area (Å²) < 4.78 is 5.99. The quantitative estimate of drug-likeness (QED) is 0.549. The van der Waals surface area contributed by atoms with Crippen molar-refractivity contribution >= 4 is 17.7 Å². The molecule has 0 aromatic carbocycles. The Morgan fingerprint density at radius 1 is 1.05 bits per heavy atom. The van der Waals surface area contributed by atoms with Crippen molar-refractivity contribution in [3.63, 3.8) is 0 Å². The van der Waals surface area contributed by atoms with Gasteiger partial charge in [-0.2, -0.15) is 0 Å². The first kappa shape index (κ1) is 30.9. The highest BCUT2D eigenvalue weighted by atomic mass is 16.5. The van der Waals surface area contributed by atoms with Crippen LogP contribution >= 0.6 is 0 Å². The Morgan fingerprint density at radius 2 is 1.93 bits per heavy atom. The Morgan fingerprint density at radius 3 is 2.74 bits per heavy atom. The summed E-state index contributed by atoms with van der Waals surface area (Å²) >= 11 is 0. The molecule has 2 fully saturated rings. The van der Waals surface area contributed by atoms with E-state index in [-0.39, 0.29) is 47.4 Å². The Balaban J connectivity index is 1.32. The van der Waals surface area contributed by atoms with Gasteiger partial charge in [0.15, 0.2) is 0 Å². The highest BCUT2D eigenvalue weighted by molar-refractivity contribution is 5.92. The van der Waals surface area contributed by atoms with Crippen LogP contribution in [0.15, 0.2) is 42.7 Å². The molecule has 232 valence electrons. The minimum absolute atomic E-state index is 0.0605. The topological polar surface area (TPSA) is 117 Å². The second kappa shape index (κ2) is 14.8. The van der Waals surface area contributed by atoms with Gasteiger partial charge in [-0.3, -0.25) is 24.3 Å². The van der Waals surface area contributed by atoms with E-state index in [9.17, 15) is 14.4 Å². The van der Waals surface area contributed by atoms with E-state index in [4.69, 9.17) is 4.74 Å². The molecule has 4 atom stereocenters. The van der Waals surface area contributed by atoms with Gasteiger partial charge in [0.2, 0.25) is 17.7 Å². The second-order valence-electron chi connectivity index (χ2n) is 12.7. The lowest BCUT2D eigenvalue weighted by molar-refractivity contribution is -0.136. The molecule has 2 N–H and O–H groups in total. The monoisotopic (exact) mass is 590 g/mol. The highest BCUT2D eigenvalue weighted by Crippen LogP contribution is 2.33. The number of carbonyl (C=O) groups excluding carboxylic acids is 3. The number of hydrogen-bond acceptors (Lipinski definition) is 7. The molecular weight excluding hydrogens is 544 g/mol. The average molecular weight is 591 g/mol. The molecule has 0 aliphatic carbocycles. The van der Waals surface area contributed by atoms with E-state index >= 15 is 0 Å². The van der Waals surface area contributed by atoms with Crippen molar-refractivity contribution in [2.75, 3.05) is 39.3 Å². The summed E-state index contributed by atoms with van der Waals surface area (Å²) in [4.78, 5) is 52.6. The number of rotatable bonds is 5. The zero-order valence-electron chi connectivity index (χ0n) is 25.5. The van der Waals surface area contributed by atoms with Gasteiger partial charge >= 0.3 is 0 Å². The number of piperidine rings is 2. The molecule has 3 aliphatic heterocycles. The summed E-state index contributed by atoms with van der Waals surface area (Å²) in [7, 11) is 0. The number of fused-ring (bicyclic) bond motifs is 5. The number of nitrogens with one attached hydrogen (secondary N) is 2. The van der Waals surface area contributed by atoms with Crippen LogP contribution in [-0.2, 0) is 16.1 Å². The minimum Gasteiger partial charge on any atom is -0.478 e. The smallest absolute Gasteiger partial charge is 0.270 e. The Hall–Kier alpha value is -3.53. The number of nitrogens with zero attached hydrogens (tertiary/aromatic N) is 4. The van der Waals surface area contributed by atoms with Crippen molar-refractivity contribution in [2.24, 2.45) is 23.7 Å². The van der Waals surface area contributed by atoms with E-state index in [0.29, 0.717) is 57.1 Å². The number of ether oxygens (including phenoxy) is 1. The first-order valence-corrected chi connectivity index (χ1v) is 15.9. The van der Waals surface area contributed by atoms with Crippen LogP contribution in [0.5, 0.6) is 5.88 Å². The predicted octanol–water partition coefficient (Wildman–Crippen LogP) is 3.29. The van der Waals surface area contributed by atoms with Gasteiger partial charge < -0.3 is 20.3 Å². The molecule has 5 heterocycles. The molecule has 0 saturated carbocycles. The Labute approximate surface area is 255 Å². The molecule has 0 unspecified atom stereocenters. The number of likely N-dealkylation sites (tertiary alicyclic amines) is 1. The lowest BCUT2D eigenvalue weighted by atomic mass is 9.79. The Bertz CT molecular complexity index is 1240. The second-order valence-corrected chi connectivity index (χ2v) is 12.7. The number of hydrogen-bond donors (Lipinski definition) is 2. The SMILES string of the molecule is CC(C)NC(=O)C[C@@H]1CCN2C[C@@H]1CCOc1cccc(n1)C(=O)NCC[C@H]1CN(Cc3cccnc3)CC[C@H]1CC2=O. The number of aromatic nitrogens is 2. The third-order valence-electron chi connectivity index (χ3n) is 9.18. The van der Waals surface area contributed by atoms with E-state index in [2.05, 4.69) is 31.6 Å². The van der Waals surface area contributed by atoms with Gasteiger partial charge in [0.1, 0.15) is 5.69 Å². The van der Waals surface area contributed by atoms with Crippen LogP contribution in [0.3, 0.4) is 0 Å². The predicted molar refractivity (Wildman–Crippen MR) is 163 cm³/mol. The molecule has 4 bridgehead atoms. The molecule has 3 aliphatic rings. The molecule has 3 amide bonds. The van der Waals surface area contributed by atoms with E-state index in [1.165, 1.54) is 5.56 Å². The van der Waals surface area contributed by atoms with Gasteiger partial charge in [0.05, 0.1) is 6.61 Å². The molecule has 43 heavy (non-hydrogen) atoms. The van der Waals surface area contributed by atoms with E-state index in [0.717, 1.165) is 38.9 Å². The van der Waals surface area contributed by atoms with Crippen molar-refractivity contribution in [2.45, 2.75) is 65.0 Å². The first-order chi connectivity index (χ1) is 20.8. The zero-order chi connectivity index (χ0) is 30.2. The van der Waals surface area contributed by atoms with Crippen molar-refractivity contribution in [3.05, 3.63) is 54.0 Å². The molecule has 0 spiro atoms. The van der Waals surface area contributed by atoms with Crippen LogP contribution in [0, 0.1) is 23.7 Å². The van der Waals surface area contributed by atoms with Crippen LogP contribution < -0.4 is 15.4 Å². The van der Waals surface area contributed by atoms with Crippen molar-refractivity contribution in [3.8, 4) is 5.88 Å². The lowest BCUT2D eigenvalue weighted by Crippen LogP contribution is -2.47. The summed E-state index contributed by atoms with van der Waals surface area (Å²) in [6.45, 7) is 8.82.